The van der Waals surface area contributed by atoms with Crippen molar-refractivity contribution in [3.8, 4) is 23.0 Å². The molecule has 2 heterocycles. The number of hydrogen-bond donors (Lipinski definition) is 1. The van der Waals surface area contributed by atoms with Gasteiger partial charge in [-0.15, -0.1) is 0 Å². The van der Waals surface area contributed by atoms with Gasteiger partial charge in [-0.05, 0) is 68.1 Å². The number of pyridine rings is 1. The van der Waals surface area contributed by atoms with Crippen LogP contribution < -0.4 is 18.9 Å². The van der Waals surface area contributed by atoms with Crippen molar-refractivity contribution < 1.29 is 31.6 Å². The van der Waals surface area contributed by atoms with Crippen LogP contribution in [0.2, 0.25) is 0 Å². The van der Waals surface area contributed by atoms with Crippen LogP contribution in [-0.4, -0.2) is 47.4 Å². The topological polar surface area (TPSA) is 72.9 Å². The second-order valence-corrected chi connectivity index (χ2v) is 11.5. The van der Waals surface area contributed by atoms with Gasteiger partial charge in [-0.3, -0.25) is 4.98 Å². The quantitative estimate of drug-likeness (QED) is 0.186. The van der Waals surface area contributed by atoms with E-state index in [-0.39, 0.29) is 16.3 Å². The Morgan fingerprint density at radius 1 is 1.00 bits per heavy atom. The number of benzene rings is 3. The molecule has 2 atom stereocenters. The van der Waals surface area contributed by atoms with Crippen molar-refractivity contribution in [1.82, 2.24) is 9.88 Å². The Hall–Kier alpha value is -3.83. The Morgan fingerprint density at radius 2 is 1.86 bits per heavy atom. The van der Waals surface area contributed by atoms with Crippen LogP contribution in [0.4, 0.5) is 18.9 Å². The van der Waals surface area contributed by atoms with Crippen molar-refractivity contribution >= 4 is 27.6 Å². The van der Waals surface area contributed by atoms with Crippen LogP contribution in [0.1, 0.15) is 26.2 Å². The molecule has 1 fully saturated rings. The fourth-order valence-electron chi connectivity index (χ4n) is 5.00. The molecule has 0 bridgehead atoms. The van der Waals surface area contributed by atoms with E-state index in [1.165, 1.54) is 25.0 Å². The largest absolute Gasteiger partial charge is 0.493 e. The number of aromatic nitrogens is 1. The van der Waals surface area contributed by atoms with Gasteiger partial charge in [0.15, 0.2) is 34.1 Å². The highest BCUT2D eigenvalue weighted by Gasteiger charge is 2.17. The van der Waals surface area contributed by atoms with Crippen LogP contribution in [0.5, 0.6) is 23.0 Å². The Morgan fingerprint density at radius 3 is 2.62 bits per heavy atom. The summed E-state index contributed by atoms with van der Waals surface area (Å²) in [6.07, 6.45) is 4.97. The van der Waals surface area contributed by atoms with E-state index in [2.05, 4.69) is 21.5 Å². The van der Waals surface area contributed by atoms with E-state index >= 15 is 4.39 Å². The van der Waals surface area contributed by atoms with Crippen molar-refractivity contribution in [3.63, 3.8) is 0 Å². The normalized spacial score (nSPS) is 16.3. The number of halogens is 3. The van der Waals surface area contributed by atoms with Crippen molar-refractivity contribution in [1.29, 1.82) is 0 Å². The number of methoxy groups -OCH3 is 1. The summed E-state index contributed by atoms with van der Waals surface area (Å²) in [5.74, 6) is -0.438. The molecule has 7 nitrogen and oxygen atoms in total. The number of hydrogen-bond acceptors (Lipinski definition) is 6. The maximum absolute atomic E-state index is 15.0. The van der Waals surface area contributed by atoms with Gasteiger partial charge in [0.2, 0.25) is 0 Å². The molecule has 4 aromatic rings. The predicted octanol–water partition coefficient (Wildman–Crippen LogP) is 7.09. The third-order valence-electron chi connectivity index (χ3n) is 7.06. The third-order valence-corrected chi connectivity index (χ3v) is 8.21. The zero-order chi connectivity index (χ0) is 29.6. The van der Waals surface area contributed by atoms with Crippen LogP contribution >= 0.6 is 0 Å². The highest BCUT2D eigenvalue weighted by atomic mass is 32.2. The molecule has 1 aromatic heterocycles. The molecular weight excluding hydrogens is 567 g/mol. The molecule has 5 rings (SSSR count). The van der Waals surface area contributed by atoms with Gasteiger partial charge in [-0.25, -0.2) is 17.4 Å². The number of ether oxygens (including phenoxy) is 3. The minimum absolute atomic E-state index is 0.0851. The Balaban J connectivity index is 1.26. The Kier molecular flexibility index (Phi) is 9.48. The molecule has 1 aliphatic rings. The lowest BCUT2D eigenvalue weighted by molar-refractivity contribution is 0.169. The fraction of sp³-hybridized carbons (Fsp3) is 0.323. The van der Waals surface area contributed by atoms with E-state index in [4.69, 9.17) is 14.2 Å². The number of nitrogens with zero attached hydrogens (tertiary/aromatic N) is 2. The molecule has 0 saturated carbocycles. The molecule has 2 unspecified atom stereocenters. The molecule has 1 saturated heterocycles. The fourth-order valence-corrected chi connectivity index (χ4v) is 5.88. The molecule has 222 valence electrons. The van der Waals surface area contributed by atoms with Gasteiger partial charge in [-0.1, -0.05) is 6.92 Å². The smallest absolute Gasteiger partial charge is 0.167 e. The standard InChI is InChI=1S/C31H32F3N3O4S/c1-20-5-3-12-37(19-20)13-4-14-40-30-18-26-23(17-29(30)39-2)27(10-11-35-26)41-28-8-7-22(16-24(28)33)36-42(38)31-9-6-21(32)15-25(31)34/h6-11,15-18,20,36H,3-5,12-14,19H2,1-2H3. The van der Waals surface area contributed by atoms with E-state index in [1.807, 2.05) is 0 Å². The second-order valence-electron chi connectivity index (χ2n) is 10.3. The van der Waals surface area contributed by atoms with E-state index in [9.17, 15) is 13.0 Å². The van der Waals surface area contributed by atoms with Gasteiger partial charge >= 0.3 is 0 Å². The monoisotopic (exact) mass is 599 g/mol. The van der Waals surface area contributed by atoms with E-state index in [0.717, 1.165) is 50.2 Å². The Labute approximate surface area is 245 Å². The SMILES string of the molecule is COc1cc2c(Oc3ccc(NS(=O)c4ccc(F)cc4F)cc3F)ccnc2cc1OCCCN1CCCC(C)C1. The number of nitrogens with one attached hydrogen (secondary N) is 1. The van der Waals surface area contributed by atoms with Gasteiger partial charge in [0.1, 0.15) is 17.4 Å². The summed E-state index contributed by atoms with van der Waals surface area (Å²) in [4.78, 5) is 6.65. The van der Waals surface area contributed by atoms with Crippen molar-refractivity contribution in [2.75, 3.05) is 38.1 Å². The van der Waals surface area contributed by atoms with Gasteiger partial charge in [-0.2, -0.15) is 0 Å². The average molecular weight is 600 g/mol. The maximum Gasteiger partial charge on any atom is 0.167 e. The summed E-state index contributed by atoms with van der Waals surface area (Å²) >= 11 is 0. The highest BCUT2D eigenvalue weighted by Crippen LogP contribution is 2.38. The van der Waals surface area contributed by atoms with E-state index in [1.54, 1.807) is 31.5 Å². The lowest BCUT2D eigenvalue weighted by Gasteiger charge is -2.30. The van der Waals surface area contributed by atoms with Crippen molar-refractivity contribution in [2.45, 2.75) is 31.1 Å². The zero-order valence-electron chi connectivity index (χ0n) is 23.4. The van der Waals surface area contributed by atoms with Gasteiger partial charge in [0.05, 0.1) is 24.1 Å². The average Bonchev–Trinajstić information content (AvgIpc) is 2.96. The van der Waals surface area contributed by atoms with Crippen LogP contribution in [-0.2, 0) is 11.0 Å². The first-order valence-corrected chi connectivity index (χ1v) is 14.9. The first-order chi connectivity index (χ1) is 20.3. The molecule has 0 amide bonds. The summed E-state index contributed by atoms with van der Waals surface area (Å²) in [5, 5.41) is 0.596. The first-order valence-electron chi connectivity index (χ1n) is 13.7. The lowest BCUT2D eigenvalue weighted by atomic mass is 10.0. The molecule has 3 aromatic carbocycles. The number of anilines is 1. The predicted molar refractivity (Wildman–Crippen MR) is 156 cm³/mol. The van der Waals surface area contributed by atoms with E-state index in [0.29, 0.717) is 40.8 Å². The molecular formula is C31H32F3N3O4S. The number of likely N-dealkylation sites (tertiary alicyclic amines) is 1. The number of rotatable bonds is 11. The summed E-state index contributed by atoms with van der Waals surface area (Å²) in [6.45, 7) is 6.06. The van der Waals surface area contributed by atoms with Crippen molar-refractivity contribution in [2.24, 2.45) is 5.92 Å². The van der Waals surface area contributed by atoms with Gasteiger partial charge < -0.3 is 23.8 Å². The third kappa shape index (κ3) is 7.14. The van der Waals surface area contributed by atoms with Crippen LogP contribution in [0.15, 0.2) is 65.7 Å². The summed E-state index contributed by atoms with van der Waals surface area (Å²) in [7, 11) is -0.525. The summed E-state index contributed by atoms with van der Waals surface area (Å²) < 4.78 is 74.7. The zero-order valence-corrected chi connectivity index (χ0v) is 24.2. The summed E-state index contributed by atoms with van der Waals surface area (Å²) in [6, 6.07) is 11.7. The maximum atomic E-state index is 15.0. The number of fused-ring (bicyclic) bond motifs is 1. The van der Waals surface area contributed by atoms with E-state index < -0.39 is 28.4 Å². The van der Waals surface area contributed by atoms with Gasteiger partial charge in [0, 0.05) is 48.6 Å². The number of piperidine rings is 1. The van der Waals surface area contributed by atoms with Crippen LogP contribution in [0.25, 0.3) is 10.9 Å². The lowest BCUT2D eigenvalue weighted by Crippen LogP contribution is -2.35. The minimum atomic E-state index is -2.07. The molecule has 11 heteroatoms. The minimum Gasteiger partial charge on any atom is -0.493 e. The molecule has 0 spiro atoms. The molecule has 0 aliphatic carbocycles. The highest BCUT2D eigenvalue weighted by molar-refractivity contribution is 7.86. The molecule has 1 N–H and O–H groups in total. The second kappa shape index (κ2) is 13.4. The van der Waals surface area contributed by atoms with Gasteiger partial charge in [0.25, 0.3) is 0 Å². The van der Waals surface area contributed by atoms with Crippen LogP contribution in [0.3, 0.4) is 0 Å². The Bertz CT molecular complexity index is 1590. The first kappa shape index (κ1) is 29.7. The molecule has 1 aliphatic heterocycles. The van der Waals surface area contributed by atoms with Crippen molar-refractivity contribution in [3.05, 3.63) is 78.2 Å². The summed E-state index contributed by atoms with van der Waals surface area (Å²) in [5.41, 5.74) is 0.711. The van der Waals surface area contributed by atoms with Crippen LogP contribution in [0, 0.1) is 23.4 Å². The molecule has 0 radical (unpaired) electrons. The molecule has 42 heavy (non-hydrogen) atoms.